The van der Waals surface area contributed by atoms with Crippen LogP contribution >= 0.6 is 0 Å². The summed E-state index contributed by atoms with van der Waals surface area (Å²) in [4.78, 5) is 40.2. The van der Waals surface area contributed by atoms with Crippen molar-refractivity contribution in [2.24, 2.45) is 0 Å². The number of rotatable bonds is 14. The van der Waals surface area contributed by atoms with E-state index in [1.165, 1.54) is 19.3 Å². The van der Waals surface area contributed by atoms with E-state index in [1.807, 2.05) is 45.0 Å². The maximum absolute atomic E-state index is 10.3. The van der Waals surface area contributed by atoms with Crippen LogP contribution in [0.15, 0.2) is 24.3 Å². The Morgan fingerprint density at radius 1 is 0.917 bits per heavy atom. The van der Waals surface area contributed by atoms with Crippen LogP contribution in [-0.4, -0.2) is 44.7 Å². The molecule has 0 aliphatic rings. The summed E-state index contributed by atoms with van der Waals surface area (Å²) < 4.78 is 9.63. The van der Waals surface area contributed by atoms with Gasteiger partial charge in [-0.3, -0.25) is 9.59 Å². The zero-order valence-electron chi connectivity index (χ0n) is 22.8. The lowest BCUT2D eigenvalue weighted by atomic mass is 10.1. The van der Waals surface area contributed by atoms with Gasteiger partial charge >= 0.3 is 0 Å². The van der Waals surface area contributed by atoms with Gasteiger partial charge in [-0.15, -0.1) is 0 Å². The van der Waals surface area contributed by atoms with Crippen LogP contribution in [0.3, 0.4) is 0 Å². The summed E-state index contributed by atoms with van der Waals surface area (Å²) in [5, 5.41) is 2.40. The number of aldehydes is 2. The SMILES string of the molecule is CNC(=O)CCC=O.COC(C)(C)C.O=CCCCCCCCCC#Cc1ccc(COC=O)cc1. The van der Waals surface area contributed by atoms with Crippen molar-refractivity contribution < 1.29 is 28.7 Å². The quantitative estimate of drug-likeness (QED) is 0.214. The van der Waals surface area contributed by atoms with Gasteiger partial charge in [0.2, 0.25) is 5.91 Å². The fourth-order valence-corrected chi connectivity index (χ4v) is 2.44. The third kappa shape index (κ3) is 27.3. The number of unbranched alkanes of at least 4 members (excludes halogenated alkanes) is 7. The van der Waals surface area contributed by atoms with E-state index in [1.54, 1.807) is 14.2 Å². The van der Waals surface area contributed by atoms with Crippen LogP contribution in [0.4, 0.5) is 0 Å². The monoisotopic (exact) mass is 503 g/mol. The van der Waals surface area contributed by atoms with Gasteiger partial charge in [0.05, 0.1) is 5.60 Å². The van der Waals surface area contributed by atoms with E-state index in [4.69, 9.17) is 9.47 Å². The van der Waals surface area contributed by atoms with Crippen LogP contribution in [0, 0.1) is 11.8 Å². The summed E-state index contributed by atoms with van der Waals surface area (Å²) in [6.07, 6.45) is 10.9. The molecule has 0 aliphatic heterocycles. The van der Waals surface area contributed by atoms with E-state index >= 15 is 0 Å². The van der Waals surface area contributed by atoms with Gasteiger partial charge in [-0.2, -0.15) is 0 Å². The summed E-state index contributed by atoms with van der Waals surface area (Å²) in [6.45, 7) is 6.83. The average Bonchev–Trinajstić information content (AvgIpc) is 2.88. The highest BCUT2D eigenvalue weighted by Gasteiger charge is 2.04. The number of carbonyl (C=O) groups excluding carboxylic acids is 4. The minimum atomic E-state index is -0.0860. The van der Waals surface area contributed by atoms with Crippen molar-refractivity contribution in [2.75, 3.05) is 14.2 Å². The molecule has 1 aromatic rings. The van der Waals surface area contributed by atoms with Gasteiger partial charge in [-0.25, -0.2) is 0 Å². The second-order valence-electron chi connectivity index (χ2n) is 8.93. The molecule has 1 rings (SSSR count). The average molecular weight is 504 g/mol. The second-order valence-corrected chi connectivity index (χ2v) is 8.93. The molecule has 1 N–H and O–H groups in total. The van der Waals surface area contributed by atoms with Crippen LogP contribution in [0.1, 0.15) is 96.1 Å². The lowest BCUT2D eigenvalue weighted by molar-refractivity contribution is -0.129. The number of hydrogen-bond acceptors (Lipinski definition) is 6. The summed E-state index contributed by atoms with van der Waals surface area (Å²) in [6, 6.07) is 7.74. The Morgan fingerprint density at radius 2 is 1.47 bits per heavy atom. The van der Waals surface area contributed by atoms with E-state index < -0.39 is 0 Å². The molecule has 7 nitrogen and oxygen atoms in total. The molecule has 0 fully saturated rings. The molecule has 0 unspecified atom stereocenters. The molecule has 202 valence electrons. The number of benzene rings is 1. The van der Waals surface area contributed by atoms with Gasteiger partial charge in [0, 0.05) is 45.4 Å². The first kappa shape index (κ1) is 35.2. The molecule has 0 aromatic heterocycles. The fraction of sp³-hybridized carbons (Fsp3) is 0.586. The Morgan fingerprint density at radius 3 is 1.97 bits per heavy atom. The Labute approximate surface area is 217 Å². The number of hydrogen-bond donors (Lipinski definition) is 1. The molecule has 0 aliphatic carbocycles. The minimum absolute atomic E-state index is 0.0417. The second kappa shape index (κ2) is 25.1. The highest BCUT2D eigenvalue weighted by atomic mass is 16.5. The number of carbonyl (C=O) groups is 4. The van der Waals surface area contributed by atoms with Crippen LogP contribution in [0.25, 0.3) is 0 Å². The molecule has 0 atom stereocenters. The van der Waals surface area contributed by atoms with Crippen molar-refractivity contribution in [1.29, 1.82) is 0 Å². The van der Waals surface area contributed by atoms with E-state index in [0.717, 1.165) is 49.4 Å². The minimum Gasteiger partial charge on any atom is -0.463 e. The van der Waals surface area contributed by atoms with Crippen molar-refractivity contribution in [3.05, 3.63) is 35.4 Å². The summed E-state index contributed by atoms with van der Waals surface area (Å²) in [5.74, 6) is 6.25. The zero-order chi connectivity index (χ0) is 27.5. The van der Waals surface area contributed by atoms with E-state index in [9.17, 15) is 19.2 Å². The number of nitrogens with one attached hydrogen (secondary N) is 1. The third-order valence-corrected chi connectivity index (χ3v) is 4.76. The molecule has 36 heavy (non-hydrogen) atoms. The molecule has 1 amide bonds. The summed E-state index contributed by atoms with van der Waals surface area (Å²) in [5.41, 5.74) is 2.00. The Hall–Kier alpha value is -2.98. The molecule has 0 heterocycles. The lowest BCUT2D eigenvalue weighted by Crippen LogP contribution is -2.16. The van der Waals surface area contributed by atoms with Gasteiger partial charge in [0.1, 0.15) is 19.2 Å². The fourth-order valence-electron chi connectivity index (χ4n) is 2.44. The highest BCUT2D eigenvalue weighted by Crippen LogP contribution is 2.08. The van der Waals surface area contributed by atoms with Crippen molar-refractivity contribution in [1.82, 2.24) is 5.32 Å². The molecule has 0 saturated carbocycles. The highest BCUT2D eigenvalue weighted by molar-refractivity contribution is 5.77. The smallest absolute Gasteiger partial charge is 0.293 e. The number of ether oxygens (including phenoxy) is 2. The van der Waals surface area contributed by atoms with Gasteiger partial charge in [0.25, 0.3) is 6.47 Å². The number of amides is 1. The molecule has 0 bridgehead atoms. The van der Waals surface area contributed by atoms with E-state index in [2.05, 4.69) is 17.2 Å². The van der Waals surface area contributed by atoms with Gasteiger partial charge in [0.15, 0.2) is 0 Å². The molecule has 7 heteroatoms. The topological polar surface area (TPSA) is 98.8 Å². The molecular formula is C29H45NO6. The predicted molar refractivity (Wildman–Crippen MR) is 143 cm³/mol. The Bertz CT molecular complexity index is 757. The molecule has 0 radical (unpaired) electrons. The van der Waals surface area contributed by atoms with Crippen LogP contribution in [0.2, 0.25) is 0 Å². The van der Waals surface area contributed by atoms with Crippen molar-refractivity contribution >= 4 is 25.0 Å². The summed E-state index contributed by atoms with van der Waals surface area (Å²) in [7, 11) is 3.26. The van der Waals surface area contributed by atoms with E-state index in [-0.39, 0.29) is 11.5 Å². The van der Waals surface area contributed by atoms with Crippen LogP contribution in [0.5, 0.6) is 0 Å². The Kier molecular flexibility index (Phi) is 24.6. The largest absolute Gasteiger partial charge is 0.463 e. The molecule has 1 aromatic carbocycles. The van der Waals surface area contributed by atoms with Crippen LogP contribution < -0.4 is 5.32 Å². The maximum atomic E-state index is 10.3. The zero-order valence-corrected chi connectivity index (χ0v) is 22.8. The normalized spacial score (nSPS) is 9.69. The first-order valence-corrected chi connectivity index (χ1v) is 12.5. The van der Waals surface area contributed by atoms with Crippen molar-refractivity contribution in [2.45, 2.75) is 97.2 Å². The predicted octanol–water partition coefficient (Wildman–Crippen LogP) is 5.17. The lowest BCUT2D eigenvalue weighted by Gasteiger charge is -2.14. The van der Waals surface area contributed by atoms with Gasteiger partial charge in [-0.1, -0.05) is 49.7 Å². The van der Waals surface area contributed by atoms with Gasteiger partial charge < -0.3 is 24.4 Å². The molecular weight excluding hydrogens is 458 g/mol. The molecule has 0 spiro atoms. The number of methoxy groups -OCH3 is 1. The van der Waals surface area contributed by atoms with Gasteiger partial charge in [-0.05, 0) is 51.3 Å². The van der Waals surface area contributed by atoms with E-state index in [0.29, 0.717) is 32.3 Å². The van der Waals surface area contributed by atoms with Crippen molar-refractivity contribution in [3.63, 3.8) is 0 Å². The first-order chi connectivity index (χ1) is 17.2. The van der Waals surface area contributed by atoms with Crippen molar-refractivity contribution in [3.8, 4) is 11.8 Å². The third-order valence-electron chi connectivity index (χ3n) is 4.76. The Balaban J connectivity index is 0. The first-order valence-electron chi connectivity index (χ1n) is 12.5. The summed E-state index contributed by atoms with van der Waals surface area (Å²) >= 11 is 0. The molecule has 0 saturated heterocycles. The van der Waals surface area contributed by atoms with Crippen LogP contribution in [-0.2, 0) is 35.3 Å². The maximum Gasteiger partial charge on any atom is 0.293 e. The standard InChI is InChI=1S/C19H24O3.C5H9NO2.C5H12O/c20-15-9-7-5-3-1-2-4-6-8-10-18-11-13-19(14-12-18)16-22-17-21;1-6-5(8)3-2-4-7;1-5(2,3)6-4/h11-15,17H,1-7,9,16H2;4H,2-3H2,1H3,(H,6,8);1-4H3.